The van der Waals surface area contributed by atoms with E-state index in [4.69, 9.17) is 12.2 Å². The van der Waals surface area contributed by atoms with Crippen LogP contribution in [0.3, 0.4) is 0 Å². The summed E-state index contributed by atoms with van der Waals surface area (Å²) in [5.74, 6) is 0. The number of para-hydroxylation sites is 1. The number of thiocarbonyl (C=S) groups is 1. The summed E-state index contributed by atoms with van der Waals surface area (Å²) in [7, 11) is 4.21. The molecule has 0 aliphatic carbocycles. The van der Waals surface area contributed by atoms with Crippen molar-refractivity contribution in [1.82, 2.24) is 4.90 Å². The van der Waals surface area contributed by atoms with E-state index < -0.39 is 0 Å². The van der Waals surface area contributed by atoms with Gasteiger partial charge < -0.3 is 10.2 Å². The van der Waals surface area contributed by atoms with Crippen molar-refractivity contribution in [3.8, 4) is 0 Å². The van der Waals surface area contributed by atoms with Gasteiger partial charge in [-0.2, -0.15) is 0 Å². The number of aryl methyl sites for hydroxylation is 1. The molecule has 0 atom stereocenters. The largest absolute Gasteiger partial charge is 0.385 e. The lowest BCUT2D eigenvalue weighted by Crippen LogP contribution is -2.17. The van der Waals surface area contributed by atoms with Crippen molar-refractivity contribution in [3.05, 3.63) is 65.2 Å². The summed E-state index contributed by atoms with van der Waals surface area (Å²) in [4.78, 5) is 3.21. The molecule has 0 spiro atoms. The molecule has 3 heteroatoms. The molecule has 0 saturated heterocycles. The molecule has 0 heterocycles. The summed E-state index contributed by atoms with van der Waals surface area (Å²) in [6.45, 7) is 4.19. The molecule has 0 amide bonds. The smallest absolute Gasteiger partial charge is 0.0376 e. The van der Waals surface area contributed by atoms with Crippen LogP contribution in [0.5, 0.6) is 0 Å². The minimum absolute atomic E-state index is 0.803. The average molecular weight is 327 g/mol. The van der Waals surface area contributed by atoms with Gasteiger partial charge in [-0.15, -0.1) is 0 Å². The molecule has 0 radical (unpaired) electrons. The van der Waals surface area contributed by atoms with Crippen LogP contribution in [0.25, 0.3) is 0 Å². The highest BCUT2D eigenvalue weighted by Crippen LogP contribution is 2.19. The first-order valence-corrected chi connectivity index (χ1v) is 8.54. The molecule has 2 nitrogen and oxygen atoms in total. The minimum atomic E-state index is 0.803. The van der Waals surface area contributed by atoms with Gasteiger partial charge in [-0.3, -0.25) is 0 Å². The van der Waals surface area contributed by atoms with E-state index >= 15 is 0 Å². The summed E-state index contributed by atoms with van der Waals surface area (Å²) in [5, 5.41) is 3.55. The Morgan fingerprint density at radius 2 is 1.74 bits per heavy atom. The Hall–Kier alpha value is -1.71. The second-order valence-corrected chi connectivity index (χ2v) is 6.65. The van der Waals surface area contributed by atoms with E-state index in [1.807, 2.05) is 0 Å². The molecule has 0 saturated carbocycles. The van der Waals surface area contributed by atoms with Gasteiger partial charge in [-0.25, -0.2) is 0 Å². The molecule has 0 unspecified atom stereocenters. The maximum Gasteiger partial charge on any atom is 0.0376 e. The van der Waals surface area contributed by atoms with Crippen molar-refractivity contribution in [2.75, 3.05) is 32.5 Å². The summed E-state index contributed by atoms with van der Waals surface area (Å²) in [5.41, 5.74) is 4.90. The normalized spacial score (nSPS) is 10.8. The van der Waals surface area contributed by atoms with Crippen LogP contribution < -0.4 is 5.32 Å². The lowest BCUT2D eigenvalue weighted by molar-refractivity contribution is 0.405. The first-order chi connectivity index (χ1) is 11.1. The Bertz CT molecular complexity index is 650. The Morgan fingerprint density at radius 3 is 2.48 bits per heavy atom. The number of nitrogens with one attached hydrogen (secondary N) is 1. The van der Waals surface area contributed by atoms with Crippen LogP contribution in [0.4, 0.5) is 5.69 Å². The van der Waals surface area contributed by atoms with E-state index in [-0.39, 0.29) is 0 Å². The molecule has 0 aliphatic heterocycles. The van der Waals surface area contributed by atoms with Gasteiger partial charge in [0.25, 0.3) is 0 Å². The molecule has 0 bridgehead atoms. The maximum absolute atomic E-state index is 5.68. The Balaban J connectivity index is 2.02. The lowest BCUT2D eigenvalue weighted by atomic mass is 9.99. The number of hydrogen-bond donors (Lipinski definition) is 1. The molecule has 0 aliphatic rings. The van der Waals surface area contributed by atoms with Gasteiger partial charge in [0.2, 0.25) is 0 Å². The molecule has 2 aromatic rings. The summed E-state index contributed by atoms with van der Waals surface area (Å²) >= 11 is 5.68. The topological polar surface area (TPSA) is 15.3 Å². The Kier molecular flexibility index (Phi) is 6.75. The third kappa shape index (κ3) is 5.45. The van der Waals surface area contributed by atoms with Gasteiger partial charge in [0.15, 0.2) is 0 Å². The van der Waals surface area contributed by atoms with Crippen LogP contribution in [0.2, 0.25) is 0 Å². The molecule has 23 heavy (non-hydrogen) atoms. The fourth-order valence-electron chi connectivity index (χ4n) is 2.62. The van der Waals surface area contributed by atoms with Crippen molar-refractivity contribution < 1.29 is 0 Å². The van der Waals surface area contributed by atoms with Crippen LogP contribution in [-0.4, -0.2) is 36.9 Å². The predicted molar refractivity (Wildman–Crippen MR) is 105 cm³/mol. The molecule has 0 aromatic heterocycles. The summed E-state index contributed by atoms with van der Waals surface area (Å²) in [6, 6.07) is 16.8. The van der Waals surface area contributed by atoms with Crippen LogP contribution in [0, 0.1) is 6.92 Å². The fourth-order valence-corrected chi connectivity index (χ4v) is 3.00. The van der Waals surface area contributed by atoms with Crippen molar-refractivity contribution in [2.45, 2.75) is 19.8 Å². The molecule has 1 N–H and O–H groups in total. The van der Waals surface area contributed by atoms with E-state index in [1.165, 1.54) is 22.4 Å². The third-order valence-electron chi connectivity index (χ3n) is 3.91. The first-order valence-electron chi connectivity index (χ1n) is 8.13. The number of nitrogens with zero attached hydrogens (tertiary/aromatic N) is 1. The van der Waals surface area contributed by atoms with Gasteiger partial charge in [0.05, 0.1) is 0 Å². The number of anilines is 1. The first kappa shape index (κ1) is 17.6. The third-order valence-corrected chi connectivity index (χ3v) is 4.28. The molecule has 122 valence electrons. The zero-order valence-corrected chi connectivity index (χ0v) is 15.1. The van der Waals surface area contributed by atoms with Gasteiger partial charge in [-0.05, 0) is 56.7 Å². The second kappa shape index (κ2) is 8.80. The molecule has 0 fully saturated rings. The average Bonchev–Trinajstić information content (AvgIpc) is 2.53. The number of benzene rings is 2. The lowest BCUT2D eigenvalue weighted by Gasteiger charge is -2.15. The van der Waals surface area contributed by atoms with Crippen LogP contribution >= 0.6 is 12.2 Å². The van der Waals surface area contributed by atoms with Gasteiger partial charge in [-0.1, -0.05) is 54.7 Å². The molecule has 2 aromatic carbocycles. The van der Waals surface area contributed by atoms with Gasteiger partial charge in [0, 0.05) is 23.5 Å². The van der Waals surface area contributed by atoms with Gasteiger partial charge >= 0.3 is 0 Å². The zero-order chi connectivity index (χ0) is 16.7. The van der Waals surface area contributed by atoms with Crippen LogP contribution in [0.1, 0.15) is 23.1 Å². The highest BCUT2D eigenvalue weighted by Gasteiger charge is 2.08. The molecule has 2 rings (SSSR count). The monoisotopic (exact) mass is 326 g/mol. The highest BCUT2D eigenvalue weighted by atomic mass is 32.1. The SMILES string of the molecule is Cc1ccccc1C(=S)Cc1ccccc1NCCCN(C)C. The standard InChI is InChI=1S/C20H26N2S/c1-16-9-4-6-11-18(16)20(23)15-17-10-5-7-12-19(17)21-13-8-14-22(2)3/h4-7,9-12,21H,8,13-15H2,1-3H3. The van der Waals surface area contributed by atoms with E-state index in [0.29, 0.717) is 0 Å². The van der Waals surface area contributed by atoms with Crippen LogP contribution in [0.15, 0.2) is 48.5 Å². The predicted octanol–water partition coefficient (Wildman–Crippen LogP) is 4.32. The van der Waals surface area contributed by atoms with E-state index in [1.54, 1.807) is 0 Å². The van der Waals surface area contributed by atoms with Crippen molar-refractivity contribution in [2.24, 2.45) is 0 Å². The highest BCUT2D eigenvalue weighted by molar-refractivity contribution is 7.80. The van der Waals surface area contributed by atoms with Gasteiger partial charge in [0.1, 0.15) is 0 Å². The summed E-state index contributed by atoms with van der Waals surface area (Å²) < 4.78 is 0. The number of hydrogen-bond acceptors (Lipinski definition) is 3. The van der Waals surface area contributed by atoms with E-state index in [0.717, 1.165) is 30.8 Å². The second-order valence-electron chi connectivity index (χ2n) is 6.16. The summed E-state index contributed by atoms with van der Waals surface area (Å²) in [6.07, 6.45) is 1.93. The van der Waals surface area contributed by atoms with E-state index in [9.17, 15) is 0 Å². The van der Waals surface area contributed by atoms with Crippen molar-refractivity contribution in [3.63, 3.8) is 0 Å². The zero-order valence-electron chi connectivity index (χ0n) is 14.3. The molecular formula is C20H26N2S. The fraction of sp³-hybridized carbons (Fsp3) is 0.350. The maximum atomic E-state index is 5.68. The quantitative estimate of drug-likeness (QED) is 0.442. The Labute approximate surface area is 145 Å². The van der Waals surface area contributed by atoms with Crippen molar-refractivity contribution in [1.29, 1.82) is 0 Å². The minimum Gasteiger partial charge on any atom is -0.385 e. The number of rotatable bonds is 8. The Morgan fingerprint density at radius 1 is 1.04 bits per heavy atom. The van der Waals surface area contributed by atoms with Crippen molar-refractivity contribution >= 4 is 22.8 Å². The van der Waals surface area contributed by atoms with Crippen LogP contribution in [-0.2, 0) is 6.42 Å². The van der Waals surface area contributed by atoms with E-state index in [2.05, 4.69) is 79.8 Å². The molecular weight excluding hydrogens is 300 g/mol.